The maximum absolute atomic E-state index is 12.4. The number of likely N-dealkylation sites (tertiary alicyclic amines) is 1. The van der Waals surface area contributed by atoms with E-state index >= 15 is 0 Å². The van der Waals surface area contributed by atoms with Crippen molar-refractivity contribution in [1.82, 2.24) is 14.4 Å². The van der Waals surface area contributed by atoms with Crippen molar-refractivity contribution in [2.75, 3.05) is 20.6 Å². The lowest BCUT2D eigenvalue weighted by atomic mass is 9.88. The van der Waals surface area contributed by atoms with Crippen molar-refractivity contribution in [3.63, 3.8) is 0 Å². The highest BCUT2D eigenvalue weighted by atomic mass is 16.2. The number of amides is 2. The minimum Gasteiger partial charge on any atom is -0.345 e. The summed E-state index contributed by atoms with van der Waals surface area (Å²) in [5.74, 6) is 1.41. The van der Waals surface area contributed by atoms with Crippen LogP contribution in [0.4, 0.5) is 0 Å². The van der Waals surface area contributed by atoms with Gasteiger partial charge in [-0.3, -0.25) is 9.59 Å². The molecule has 2 fully saturated rings. The van der Waals surface area contributed by atoms with Gasteiger partial charge in [-0.1, -0.05) is 0 Å². The zero-order valence-electron chi connectivity index (χ0n) is 12.7. The van der Waals surface area contributed by atoms with E-state index in [4.69, 9.17) is 0 Å². The third-order valence-electron chi connectivity index (χ3n) is 5.11. The SMILES string of the molecule is CN1C[C@@H]2C[C@H](N(C)C(=O)Cn3cccc3)C[C@@H]2CC1=O. The van der Waals surface area contributed by atoms with E-state index in [1.54, 1.807) is 0 Å². The Morgan fingerprint density at radius 1 is 1.29 bits per heavy atom. The van der Waals surface area contributed by atoms with Crippen LogP contribution in [-0.2, 0) is 16.1 Å². The van der Waals surface area contributed by atoms with Crippen molar-refractivity contribution < 1.29 is 9.59 Å². The molecule has 2 aliphatic rings. The lowest BCUT2D eigenvalue weighted by molar-refractivity contribution is -0.135. The van der Waals surface area contributed by atoms with Crippen LogP contribution in [0.25, 0.3) is 0 Å². The minimum absolute atomic E-state index is 0.148. The van der Waals surface area contributed by atoms with E-state index in [0.717, 1.165) is 19.4 Å². The largest absolute Gasteiger partial charge is 0.345 e. The highest BCUT2D eigenvalue weighted by Gasteiger charge is 2.42. The molecule has 3 rings (SSSR count). The molecule has 0 bridgehead atoms. The quantitative estimate of drug-likeness (QED) is 0.839. The molecule has 21 heavy (non-hydrogen) atoms. The van der Waals surface area contributed by atoms with E-state index in [9.17, 15) is 9.59 Å². The molecule has 0 unspecified atom stereocenters. The van der Waals surface area contributed by atoms with E-state index in [0.29, 0.717) is 24.8 Å². The summed E-state index contributed by atoms with van der Waals surface area (Å²) in [6.07, 6.45) is 6.47. The summed E-state index contributed by atoms with van der Waals surface area (Å²) in [5.41, 5.74) is 0. The van der Waals surface area contributed by atoms with Gasteiger partial charge in [0.2, 0.25) is 11.8 Å². The molecule has 0 radical (unpaired) electrons. The fourth-order valence-electron chi connectivity index (χ4n) is 3.75. The van der Waals surface area contributed by atoms with Gasteiger partial charge in [0.25, 0.3) is 0 Å². The summed E-state index contributed by atoms with van der Waals surface area (Å²) in [7, 11) is 3.78. The smallest absolute Gasteiger partial charge is 0.242 e. The summed E-state index contributed by atoms with van der Waals surface area (Å²) in [6, 6.07) is 4.14. The predicted molar refractivity (Wildman–Crippen MR) is 79.5 cm³/mol. The average molecular weight is 289 g/mol. The number of carbonyl (C=O) groups is 2. The molecule has 1 aliphatic carbocycles. The molecule has 2 heterocycles. The standard InChI is InChI=1S/C16H23N3O2/c1-17-10-13-8-14(7-12(13)9-15(17)20)18(2)16(21)11-19-5-3-4-6-19/h3-6,12-14H,7-11H2,1-2H3/t12-,13+,14-/m1/s1. The van der Waals surface area contributed by atoms with Gasteiger partial charge in [-0.2, -0.15) is 0 Å². The van der Waals surface area contributed by atoms with Gasteiger partial charge >= 0.3 is 0 Å². The normalized spacial score (nSPS) is 28.6. The maximum Gasteiger partial charge on any atom is 0.242 e. The van der Waals surface area contributed by atoms with E-state index < -0.39 is 0 Å². The highest BCUT2D eigenvalue weighted by molar-refractivity contribution is 5.77. The van der Waals surface area contributed by atoms with E-state index in [-0.39, 0.29) is 17.9 Å². The summed E-state index contributed by atoms with van der Waals surface area (Å²) >= 11 is 0. The monoisotopic (exact) mass is 289 g/mol. The number of carbonyl (C=O) groups excluding carboxylic acids is 2. The third-order valence-corrected chi connectivity index (χ3v) is 5.11. The summed E-state index contributed by atoms with van der Waals surface area (Å²) in [4.78, 5) is 27.9. The second-order valence-corrected chi connectivity index (χ2v) is 6.48. The Bertz CT molecular complexity index is 526. The molecule has 0 N–H and O–H groups in total. The lowest BCUT2D eigenvalue weighted by Gasteiger charge is -2.31. The number of nitrogens with zero attached hydrogens (tertiary/aromatic N) is 3. The van der Waals surface area contributed by atoms with Crippen molar-refractivity contribution >= 4 is 11.8 Å². The number of rotatable bonds is 3. The Morgan fingerprint density at radius 2 is 1.95 bits per heavy atom. The Kier molecular flexibility index (Phi) is 3.74. The van der Waals surface area contributed by atoms with Crippen LogP contribution < -0.4 is 0 Å². The Morgan fingerprint density at radius 3 is 2.67 bits per heavy atom. The van der Waals surface area contributed by atoms with E-state index in [2.05, 4.69) is 0 Å². The maximum atomic E-state index is 12.4. The molecule has 2 amide bonds. The first-order valence-electron chi connectivity index (χ1n) is 7.65. The molecular formula is C16H23N3O2. The third kappa shape index (κ3) is 2.82. The molecule has 5 heteroatoms. The van der Waals surface area contributed by atoms with Crippen LogP contribution in [0, 0.1) is 11.8 Å². The summed E-state index contributed by atoms with van der Waals surface area (Å²) in [6.45, 7) is 1.24. The number of aromatic nitrogens is 1. The molecule has 5 nitrogen and oxygen atoms in total. The summed E-state index contributed by atoms with van der Waals surface area (Å²) < 4.78 is 1.90. The zero-order chi connectivity index (χ0) is 15.0. The lowest BCUT2D eigenvalue weighted by Crippen LogP contribution is -2.40. The molecule has 0 spiro atoms. The van der Waals surface area contributed by atoms with Gasteiger partial charge in [0.1, 0.15) is 6.54 Å². The molecule has 1 saturated carbocycles. The van der Waals surface area contributed by atoms with Crippen molar-refractivity contribution in [1.29, 1.82) is 0 Å². The number of fused-ring (bicyclic) bond motifs is 1. The van der Waals surface area contributed by atoms with Gasteiger partial charge in [-0.25, -0.2) is 0 Å². The van der Waals surface area contributed by atoms with Crippen molar-refractivity contribution in [3.8, 4) is 0 Å². The number of likely N-dealkylation sites (N-methyl/N-ethyl adjacent to an activating group) is 1. The van der Waals surface area contributed by atoms with Crippen LogP contribution in [0.1, 0.15) is 19.3 Å². The van der Waals surface area contributed by atoms with E-state index in [1.165, 1.54) is 0 Å². The average Bonchev–Trinajstić information content (AvgIpc) is 3.08. The minimum atomic E-state index is 0.148. The Hall–Kier alpha value is -1.78. The molecule has 1 aromatic rings. The van der Waals surface area contributed by atoms with Crippen LogP contribution in [0.5, 0.6) is 0 Å². The van der Waals surface area contributed by atoms with Crippen molar-refractivity contribution in [3.05, 3.63) is 24.5 Å². The van der Waals surface area contributed by atoms with Gasteiger partial charge in [0, 0.05) is 45.5 Å². The van der Waals surface area contributed by atoms with Crippen molar-refractivity contribution in [2.24, 2.45) is 11.8 Å². The predicted octanol–water partition coefficient (Wildman–Crippen LogP) is 1.20. The molecule has 3 atom stereocenters. The van der Waals surface area contributed by atoms with Crippen LogP contribution in [0.3, 0.4) is 0 Å². The van der Waals surface area contributed by atoms with Crippen LogP contribution in [-0.4, -0.2) is 52.9 Å². The fraction of sp³-hybridized carbons (Fsp3) is 0.625. The second-order valence-electron chi connectivity index (χ2n) is 6.48. The first-order valence-corrected chi connectivity index (χ1v) is 7.65. The first kappa shape index (κ1) is 14.2. The van der Waals surface area contributed by atoms with Gasteiger partial charge < -0.3 is 14.4 Å². The highest BCUT2D eigenvalue weighted by Crippen LogP contribution is 2.40. The van der Waals surface area contributed by atoms with Gasteiger partial charge in [0.15, 0.2) is 0 Å². The summed E-state index contributed by atoms with van der Waals surface area (Å²) in [5, 5.41) is 0. The molecule has 1 saturated heterocycles. The van der Waals surface area contributed by atoms with Gasteiger partial charge in [-0.05, 0) is 36.8 Å². The zero-order valence-corrected chi connectivity index (χ0v) is 12.7. The fourth-order valence-corrected chi connectivity index (χ4v) is 3.75. The number of piperidine rings is 1. The van der Waals surface area contributed by atoms with Crippen LogP contribution >= 0.6 is 0 Å². The topological polar surface area (TPSA) is 45.5 Å². The Labute approximate surface area is 125 Å². The second kappa shape index (κ2) is 5.54. The van der Waals surface area contributed by atoms with Crippen LogP contribution in [0.15, 0.2) is 24.5 Å². The Balaban J connectivity index is 1.60. The molecule has 114 valence electrons. The number of hydrogen-bond acceptors (Lipinski definition) is 2. The van der Waals surface area contributed by atoms with Crippen molar-refractivity contribution in [2.45, 2.75) is 31.8 Å². The van der Waals surface area contributed by atoms with E-state index in [1.807, 2.05) is 53.0 Å². The first-order chi connectivity index (χ1) is 10.0. The molecule has 1 aromatic heterocycles. The van der Waals surface area contributed by atoms with Gasteiger partial charge in [0.05, 0.1) is 0 Å². The van der Waals surface area contributed by atoms with Crippen LogP contribution in [0.2, 0.25) is 0 Å². The van der Waals surface area contributed by atoms with Gasteiger partial charge in [-0.15, -0.1) is 0 Å². The molecular weight excluding hydrogens is 266 g/mol. The number of hydrogen-bond donors (Lipinski definition) is 0. The molecule has 0 aromatic carbocycles. The molecule has 1 aliphatic heterocycles.